The predicted molar refractivity (Wildman–Crippen MR) is 73.5 cm³/mol. The average molecular weight is 300 g/mol. The molecule has 1 heterocycles. The van der Waals surface area contributed by atoms with Crippen LogP contribution in [0.1, 0.15) is 24.5 Å². The first-order chi connectivity index (χ1) is 9.88. The van der Waals surface area contributed by atoms with E-state index in [0.29, 0.717) is 12.5 Å². The van der Waals surface area contributed by atoms with Crippen LogP contribution in [-0.4, -0.2) is 30.4 Å². The normalized spacial score (nSPS) is 18.8. The summed E-state index contributed by atoms with van der Waals surface area (Å²) < 4.78 is 39.0. The maximum atomic E-state index is 13.0. The van der Waals surface area contributed by atoms with Crippen molar-refractivity contribution in [3.8, 4) is 0 Å². The van der Waals surface area contributed by atoms with Crippen molar-refractivity contribution >= 4 is 5.91 Å². The van der Waals surface area contributed by atoms with Gasteiger partial charge in [-0.15, -0.1) is 0 Å². The second kappa shape index (κ2) is 6.47. The van der Waals surface area contributed by atoms with E-state index >= 15 is 0 Å². The fraction of sp³-hybridized carbons (Fsp3) is 0.533. The summed E-state index contributed by atoms with van der Waals surface area (Å²) in [5.41, 5.74) is -0.521. The van der Waals surface area contributed by atoms with E-state index in [4.69, 9.17) is 0 Å². The van der Waals surface area contributed by atoms with E-state index in [2.05, 4.69) is 5.32 Å². The third-order valence-corrected chi connectivity index (χ3v) is 3.77. The van der Waals surface area contributed by atoms with Crippen LogP contribution in [0.2, 0.25) is 0 Å². The number of hydrogen-bond donors (Lipinski definition) is 1. The van der Waals surface area contributed by atoms with Crippen molar-refractivity contribution in [3.63, 3.8) is 0 Å². The Bertz CT molecular complexity index is 496. The topological polar surface area (TPSA) is 32.3 Å². The van der Waals surface area contributed by atoms with Gasteiger partial charge < -0.3 is 10.2 Å². The summed E-state index contributed by atoms with van der Waals surface area (Å²) in [6.07, 6.45) is -3.45. The van der Waals surface area contributed by atoms with Gasteiger partial charge in [0.1, 0.15) is 0 Å². The van der Waals surface area contributed by atoms with Crippen molar-refractivity contribution in [2.45, 2.75) is 26.1 Å². The molecular weight excluding hydrogens is 281 g/mol. The molecule has 0 aliphatic carbocycles. The zero-order valence-electron chi connectivity index (χ0n) is 11.9. The van der Waals surface area contributed by atoms with Gasteiger partial charge in [0.25, 0.3) is 0 Å². The smallest absolute Gasteiger partial charge is 0.338 e. The minimum atomic E-state index is -4.39. The summed E-state index contributed by atoms with van der Waals surface area (Å²) in [6, 6.07) is 5.43. The second-order valence-corrected chi connectivity index (χ2v) is 5.41. The van der Waals surface area contributed by atoms with Gasteiger partial charge in [-0.25, -0.2) is 0 Å². The zero-order valence-corrected chi connectivity index (χ0v) is 11.9. The Labute approximate surface area is 122 Å². The number of amides is 1. The van der Waals surface area contributed by atoms with Gasteiger partial charge in [0.05, 0.1) is 5.56 Å². The first kappa shape index (κ1) is 15.8. The van der Waals surface area contributed by atoms with Crippen LogP contribution >= 0.6 is 0 Å². The minimum absolute atomic E-state index is 0.00150. The first-order valence-corrected chi connectivity index (χ1v) is 6.99. The van der Waals surface area contributed by atoms with Crippen molar-refractivity contribution in [1.82, 2.24) is 10.2 Å². The summed E-state index contributed by atoms with van der Waals surface area (Å²) in [6.45, 7) is 3.61. The third kappa shape index (κ3) is 4.20. The molecule has 0 bridgehead atoms. The molecule has 21 heavy (non-hydrogen) atoms. The molecule has 1 amide bonds. The molecule has 1 saturated heterocycles. The summed E-state index contributed by atoms with van der Waals surface area (Å²) in [5, 5.41) is 3.20. The number of halogens is 3. The molecule has 0 saturated carbocycles. The first-order valence-electron chi connectivity index (χ1n) is 6.99. The number of nitrogens with one attached hydrogen (secondary N) is 1. The number of hydrogen-bond acceptors (Lipinski definition) is 2. The Morgan fingerprint density at radius 1 is 1.38 bits per heavy atom. The maximum Gasteiger partial charge on any atom is 0.416 e. The zero-order chi connectivity index (χ0) is 15.5. The van der Waals surface area contributed by atoms with Gasteiger partial charge in [-0.1, -0.05) is 18.2 Å². The van der Waals surface area contributed by atoms with E-state index in [1.165, 1.54) is 24.0 Å². The van der Waals surface area contributed by atoms with Crippen LogP contribution in [0.5, 0.6) is 0 Å². The van der Waals surface area contributed by atoms with Crippen molar-refractivity contribution in [1.29, 1.82) is 0 Å². The Morgan fingerprint density at radius 3 is 2.67 bits per heavy atom. The van der Waals surface area contributed by atoms with Crippen LogP contribution in [-0.2, 0) is 17.5 Å². The van der Waals surface area contributed by atoms with Crippen LogP contribution in [0, 0.1) is 5.92 Å². The van der Waals surface area contributed by atoms with Crippen LogP contribution in [0.25, 0.3) is 0 Å². The molecule has 0 aromatic heterocycles. The molecule has 116 valence electrons. The number of carbonyl (C=O) groups is 1. The highest BCUT2D eigenvalue weighted by atomic mass is 19.4. The van der Waals surface area contributed by atoms with E-state index in [1.807, 2.05) is 0 Å². The molecule has 1 fully saturated rings. The molecule has 1 aliphatic heterocycles. The lowest BCUT2D eigenvalue weighted by Crippen LogP contribution is -2.34. The minimum Gasteiger partial charge on any atom is -0.338 e. The molecule has 1 aromatic carbocycles. The highest BCUT2D eigenvalue weighted by Gasteiger charge is 2.33. The Morgan fingerprint density at radius 2 is 2.10 bits per heavy atom. The van der Waals surface area contributed by atoms with Crippen LogP contribution < -0.4 is 5.32 Å². The van der Waals surface area contributed by atoms with Crippen LogP contribution in [0.15, 0.2) is 24.3 Å². The molecule has 1 N–H and O–H groups in total. The molecule has 0 radical (unpaired) electrons. The maximum absolute atomic E-state index is 13.0. The number of benzene rings is 1. The molecular formula is C15H19F3N2O. The van der Waals surface area contributed by atoms with Crippen molar-refractivity contribution < 1.29 is 18.0 Å². The highest BCUT2D eigenvalue weighted by molar-refractivity contribution is 5.73. The van der Waals surface area contributed by atoms with Gasteiger partial charge in [-0.3, -0.25) is 4.79 Å². The Balaban J connectivity index is 2.15. The van der Waals surface area contributed by atoms with Gasteiger partial charge >= 0.3 is 6.18 Å². The molecule has 1 unspecified atom stereocenters. The van der Waals surface area contributed by atoms with Crippen molar-refractivity contribution in [2.75, 3.05) is 19.6 Å². The Kier molecular flexibility index (Phi) is 4.88. The van der Waals surface area contributed by atoms with Gasteiger partial charge in [0.15, 0.2) is 0 Å². The van der Waals surface area contributed by atoms with Crippen molar-refractivity contribution in [3.05, 3.63) is 35.4 Å². The Hall–Kier alpha value is -1.56. The third-order valence-electron chi connectivity index (χ3n) is 3.77. The predicted octanol–water partition coefficient (Wildman–Crippen LogP) is 2.66. The van der Waals surface area contributed by atoms with Gasteiger partial charge in [0, 0.05) is 20.0 Å². The van der Waals surface area contributed by atoms with E-state index < -0.39 is 11.7 Å². The molecule has 2 rings (SSSR count). The lowest BCUT2D eigenvalue weighted by atomic mass is 10.0. The summed E-state index contributed by atoms with van der Waals surface area (Å²) in [4.78, 5) is 13.2. The lowest BCUT2D eigenvalue weighted by molar-refractivity contribution is -0.139. The molecule has 3 nitrogen and oxygen atoms in total. The SMILES string of the molecule is CC(=O)N(Cc1ccccc1C(F)(F)F)CC1CCNC1. The fourth-order valence-electron chi connectivity index (χ4n) is 2.63. The molecule has 1 aromatic rings. The van der Waals surface area contributed by atoms with E-state index in [0.717, 1.165) is 25.6 Å². The van der Waals surface area contributed by atoms with Crippen LogP contribution in [0.3, 0.4) is 0 Å². The number of alkyl halides is 3. The number of nitrogens with zero attached hydrogens (tertiary/aromatic N) is 1. The standard InChI is InChI=1S/C15H19F3N2O/c1-11(21)20(9-12-6-7-19-8-12)10-13-4-2-3-5-14(13)15(16,17)18/h2-5,12,19H,6-10H2,1H3. The molecule has 1 aliphatic rings. The van der Waals surface area contributed by atoms with E-state index in [1.54, 1.807) is 6.07 Å². The molecule has 6 heteroatoms. The molecule has 0 spiro atoms. The second-order valence-electron chi connectivity index (χ2n) is 5.41. The monoisotopic (exact) mass is 300 g/mol. The lowest BCUT2D eigenvalue weighted by Gasteiger charge is -2.25. The van der Waals surface area contributed by atoms with Gasteiger partial charge in [-0.2, -0.15) is 13.2 Å². The van der Waals surface area contributed by atoms with Crippen LogP contribution in [0.4, 0.5) is 13.2 Å². The van der Waals surface area contributed by atoms with Gasteiger partial charge in [0.2, 0.25) is 5.91 Å². The fourth-order valence-corrected chi connectivity index (χ4v) is 2.63. The average Bonchev–Trinajstić information content (AvgIpc) is 2.90. The summed E-state index contributed by atoms with van der Waals surface area (Å²) >= 11 is 0. The number of rotatable bonds is 4. The van der Waals surface area contributed by atoms with Crippen molar-refractivity contribution in [2.24, 2.45) is 5.92 Å². The summed E-state index contributed by atoms with van der Waals surface area (Å²) in [7, 11) is 0. The number of carbonyl (C=O) groups excluding carboxylic acids is 1. The van der Waals surface area contributed by atoms with Gasteiger partial charge in [-0.05, 0) is 37.1 Å². The largest absolute Gasteiger partial charge is 0.416 e. The van der Waals surface area contributed by atoms with E-state index in [-0.39, 0.29) is 18.0 Å². The van der Waals surface area contributed by atoms with E-state index in [9.17, 15) is 18.0 Å². The quantitative estimate of drug-likeness (QED) is 0.927. The highest BCUT2D eigenvalue weighted by Crippen LogP contribution is 2.32. The summed E-state index contributed by atoms with van der Waals surface area (Å²) in [5.74, 6) is 0.117. The molecule has 1 atom stereocenters.